The summed E-state index contributed by atoms with van der Waals surface area (Å²) < 4.78 is 4.97. The molecule has 0 aliphatic carbocycles. The number of carbonyl (C=O) groups excluding carboxylic acids is 1. The molecule has 6 nitrogen and oxygen atoms in total. The van der Waals surface area contributed by atoms with Crippen LogP contribution in [0.5, 0.6) is 5.75 Å². The molecule has 6 heteroatoms. The molecule has 124 valence electrons. The highest BCUT2D eigenvalue weighted by Gasteiger charge is 2.30. The molecule has 0 bridgehead atoms. The Morgan fingerprint density at radius 1 is 1.30 bits per heavy atom. The highest BCUT2D eigenvalue weighted by molar-refractivity contribution is 5.97. The highest BCUT2D eigenvalue weighted by Crippen LogP contribution is 2.38. The fourth-order valence-corrected chi connectivity index (χ4v) is 2.76. The molecule has 1 aromatic carbocycles. The number of aliphatic hydroxyl groups excluding tert-OH is 1. The predicted molar refractivity (Wildman–Crippen MR) is 82.2 cm³/mol. The van der Waals surface area contributed by atoms with E-state index >= 15 is 0 Å². The van der Waals surface area contributed by atoms with E-state index in [1.807, 2.05) is 13.0 Å². The number of cyclic esters (lactones) is 1. The molecule has 1 aliphatic rings. The van der Waals surface area contributed by atoms with Crippen LogP contribution in [0.25, 0.3) is 0 Å². The van der Waals surface area contributed by atoms with Crippen LogP contribution in [0.1, 0.15) is 52.4 Å². The molecule has 1 aliphatic heterocycles. The number of carboxylic acid groups (broad SMARTS) is 1. The minimum Gasteiger partial charge on any atom is -0.507 e. The van der Waals surface area contributed by atoms with Crippen molar-refractivity contribution in [1.82, 2.24) is 0 Å². The van der Waals surface area contributed by atoms with E-state index in [1.54, 1.807) is 6.92 Å². The third-order valence-corrected chi connectivity index (χ3v) is 4.19. The van der Waals surface area contributed by atoms with Gasteiger partial charge in [-0.15, -0.1) is 0 Å². The Kier molecular flexibility index (Phi) is 5.05. The zero-order valence-corrected chi connectivity index (χ0v) is 13.2. The van der Waals surface area contributed by atoms with E-state index in [0.717, 1.165) is 11.1 Å². The van der Waals surface area contributed by atoms with E-state index < -0.39 is 11.9 Å². The maximum absolute atomic E-state index is 11.8. The molecule has 3 N–H and O–H groups in total. The van der Waals surface area contributed by atoms with Gasteiger partial charge in [0.25, 0.3) is 0 Å². The van der Waals surface area contributed by atoms with Crippen molar-refractivity contribution in [2.45, 2.75) is 46.3 Å². The molecule has 0 unspecified atom stereocenters. The van der Waals surface area contributed by atoms with E-state index in [1.165, 1.54) is 0 Å². The van der Waals surface area contributed by atoms with Gasteiger partial charge in [-0.05, 0) is 37.8 Å². The molecular weight excluding hydrogens is 300 g/mol. The van der Waals surface area contributed by atoms with E-state index in [0.29, 0.717) is 29.5 Å². The van der Waals surface area contributed by atoms with Crippen LogP contribution < -0.4 is 0 Å². The fraction of sp³-hybridized carbons (Fsp3) is 0.412. The summed E-state index contributed by atoms with van der Waals surface area (Å²) in [5, 5.41) is 28.7. The lowest BCUT2D eigenvalue weighted by Gasteiger charge is -2.15. The van der Waals surface area contributed by atoms with Crippen molar-refractivity contribution < 1.29 is 29.6 Å². The number of ether oxygens (including phenoxy) is 1. The van der Waals surface area contributed by atoms with Gasteiger partial charge in [0.05, 0.1) is 6.61 Å². The number of hydrogen-bond donors (Lipinski definition) is 3. The smallest absolute Gasteiger partial charge is 0.342 e. The Labute approximate surface area is 134 Å². The van der Waals surface area contributed by atoms with Crippen molar-refractivity contribution in [3.8, 4) is 5.75 Å². The van der Waals surface area contributed by atoms with Crippen molar-refractivity contribution in [3.63, 3.8) is 0 Å². The van der Waals surface area contributed by atoms with Crippen LogP contribution in [0.3, 0.4) is 0 Å². The Hall–Kier alpha value is -2.34. The summed E-state index contributed by atoms with van der Waals surface area (Å²) in [6.45, 7) is 3.45. The third kappa shape index (κ3) is 3.37. The molecule has 23 heavy (non-hydrogen) atoms. The second-order valence-electron chi connectivity index (χ2n) is 5.67. The number of allylic oxidation sites excluding steroid dienone is 2. The summed E-state index contributed by atoms with van der Waals surface area (Å²) in [5.41, 5.74) is 3.48. The van der Waals surface area contributed by atoms with Crippen molar-refractivity contribution >= 4 is 11.9 Å². The maximum Gasteiger partial charge on any atom is 0.342 e. The number of phenolic OH excluding ortho intramolecular Hbond substituents is 1. The van der Waals surface area contributed by atoms with Crippen molar-refractivity contribution in [1.29, 1.82) is 0 Å². The largest absolute Gasteiger partial charge is 0.507 e. The molecule has 0 spiro atoms. The second-order valence-corrected chi connectivity index (χ2v) is 5.67. The first-order valence-electron chi connectivity index (χ1n) is 7.38. The number of benzene rings is 1. The minimum absolute atomic E-state index is 0.0384. The van der Waals surface area contributed by atoms with Crippen LogP contribution in [0.15, 0.2) is 11.6 Å². The Bertz CT molecular complexity index is 687. The van der Waals surface area contributed by atoms with E-state index in [-0.39, 0.29) is 30.9 Å². The van der Waals surface area contributed by atoms with Gasteiger partial charge in [0.15, 0.2) is 0 Å². The predicted octanol–water partition coefficient (Wildman–Crippen LogP) is 2.22. The van der Waals surface area contributed by atoms with Gasteiger partial charge in [0.1, 0.15) is 17.9 Å². The van der Waals surface area contributed by atoms with Crippen LogP contribution in [0.4, 0.5) is 0 Å². The third-order valence-electron chi connectivity index (χ3n) is 4.19. The molecule has 1 aromatic rings. The van der Waals surface area contributed by atoms with Gasteiger partial charge in [0, 0.05) is 17.5 Å². The zero-order chi connectivity index (χ0) is 17.1. The van der Waals surface area contributed by atoms with Crippen molar-refractivity contribution in [3.05, 3.63) is 39.5 Å². The van der Waals surface area contributed by atoms with Crippen molar-refractivity contribution in [2.24, 2.45) is 0 Å². The highest BCUT2D eigenvalue weighted by atomic mass is 16.5. The maximum atomic E-state index is 11.8. The molecule has 0 amide bonds. The molecule has 1 heterocycles. The Morgan fingerprint density at radius 2 is 2.00 bits per heavy atom. The van der Waals surface area contributed by atoms with Crippen molar-refractivity contribution in [2.75, 3.05) is 0 Å². The van der Waals surface area contributed by atoms with E-state index in [9.17, 15) is 19.8 Å². The fourth-order valence-electron chi connectivity index (χ4n) is 2.76. The summed E-state index contributed by atoms with van der Waals surface area (Å²) in [6, 6.07) is 0. The van der Waals surface area contributed by atoms with Gasteiger partial charge in [-0.3, -0.25) is 4.79 Å². The molecule has 0 atom stereocenters. The van der Waals surface area contributed by atoms with Crippen LogP contribution >= 0.6 is 0 Å². The normalized spacial score (nSPS) is 13.9. The van der Waals surface area contributed by atoms with Gasteiger partial charge in [-0.2, -0.15) is 0 Å². The Balaban J connectivity index is 2.37. The van der Waals surface area contributed by atoms with E-state index in [2.05, 4.69) is 0 Å². The first kappa shape index (κ1) is 17.0. The van der Waals surface area contributed by atoms with Crippen LogP contribution in [-0.2, 0) is 29.2 Å². The van der Waals surface area contributed by atoms with Crippen LogP contribution in [0, 0.1) is 6.92 Å². The number of aromatic hydroxyl groups is 1. The number of carboxylic acids is 1. The van der Waals surface area contributed by atoms with Crippen LogP contribution in [-0.4, -0.2) is 27.3 Å². The summed E-state index contributed by atoms with van der Waals surface area (Å²) in [4.78, 5) is 22.4. The SMILES string of the molecule is C/C(=C\Cc1c(O)c2c(c(C)c1CO)COC2=O)CCC(=O)O. The number of fused-ring (bicyclic) bond motifs is 1. The number of aliphatic carboxylic acids is 1. The number of phenols is 1. The number of esters is 1. The topological polar surface area (TPSA) is 104 Å². The second kappa shape index (κ2) is 6.83. The molecule has 0 aromatic heterocycles. The molecule has 0 fully saturated rings. The van der Waals surface area contributed by atoms with Gasteiger partial charge < -0.3 is 20.1 Å². The minimum atomic E-state index is -0.868. The average molecular weight is 320 g/mol. The lowest BCUT2D eigenvalue weighted by atomic mass is 9.90. The quantitative estimate of drug-likeness (QED) is 0.548. The molecule has 0 saturated heterocycles. The van der Waals surface area contributed by atoms with E-state index in [4.69, 9.17) is 9.84 Å². The number of hydrogen-bond acceptors (Lipinski definition) is 5. The lowest BCUT2D eigenvalue weighted by molar-refractivity contribution is -0.136. The lowest BCUT2D eigenvalue weighted by Crippen LogP contribution is -2.05. The molecular formula is C17H20O6. The summed E-state index contributed by atoms with van der Waals surface area (Å²) in [5.74, 6) is -1.58. The summed E-state index contributed by atoms with van der Waals surface area (Å²) >= 11 is 0. The average Bonchev–Trinajstić information content (AvgIpc) is 2.89. The zero-order valence-electron chi connectivity index (χ0n) is 13.2. The summed E-state index contributed by atoms with van der Waals surface area (Å²) in [6.07, 6.45) is 2.57. The number of carbonyl (C=O) groups is 2. The number of rotatable bonds is 6. The monoisotopic (exact) mass is 320 g/mol. The van der Waals surface area contributed by atoms with Gasteiger partial charge in [0.2, 0.25) is 0 Å². The molecule has 0 saturated carbocycles. The van der Waals surface area contributed by atoms with Crippen LogP contribution in [0.2, 0.25) is 0 Å². The Morgan fingerprint density at radius 3 is 2.61 bits per heavy atom. The number of aliphatic hydroxyl groups is 1. The summed E-state index contributed by atoms with van der Waals surface area (Å²) in [7, 11) is 0. The first-order chi connectivity index (χ1) is 10.9. The van der Waals surface area contributed by atoms with Gasteiger partial charge in [-0.1, -0.05) is 11.6 Å². The standard InChI is InChI=1S/C17H20O6/c1-9(4-6-14(19)20)3-5-11-12(7-18)10(2)13-8-23-17(22)15(13)16(11)21/h3,18,21H,4-8H2,1-2H3,(H,19,20)/b9-3+. The van der Waals surface area contributed by atoms with Gasteiger partial charge in [-0.25, -0.2) is 4.79 Å². The van der Waals surface area contributed by atoms with Gasteiger partial charge >= 0.3 is 11.9 Å². The molecule has 0 radical (unpaired) electrons. The first-order valence-corrected chi connectivity index (χ1v) is 7.38. The molecule has 2 rings (SSSR count).